The van der Waals surface area contributed by atoms with E-state index in [1.54, 1.807) is 35.2 Å². The van der Waals surface area contributed by atoms with Gasteiger partial charge in [-0.15, -0.1) is 0 Å². The first-order chi connectivity index (χ1) is 13.0. The van der Waals surface area contributed by atoms with Crippen LogP contribution in [0.1, 0.15) is 23.2 Å². The number of carbonyl (C=O) groups excluding carboxylic acids is 2. The number of nitrogen functional groups attached to an aromatic ring is 1. The van der Waals surface area contributed by atoms with Gasteiger partial charge in [0.05, 0.1) is 5.56 Å². The molecule has 4 N–H and O–H groups in total. The zero-order valence-corrected chi connectivity index (χ0v) is 15.0. The van der Waals surface area contributed by atoms with Gasteiger partial charge in [-0.2, -0.15) is 0 Å². The summed E-state index contributed by atoms with van der Waals surface area (Å²) in [5, 5.41) is 5.40. The summed E-state index contributed by atoms with van der Waals surface area (Å²) < 4.78 is 13.2. The number of nitrogens with two attached hydrogens (primary N) is 1. The Morgan fingerprint density at radius 3 is 2.78 bits per heavy atom. The number of hydrogen-bond donors (Lipinski definition) is 3. The van der Waals surface area contributed by atoms with Gasteiger partial charge >= 0.3 is 6.03 Å². The van der Waals surface area contributed by atoms with Gasteiger partial charge in [0.25, 0.3) is 5.91 Å². The number of halogens is 1. The standard InChI is InChI=1S/C20H23FN4O2/c21-15-6-3-7-16(11-15)24-20(27)23-12-14-5-4-10-25(13-14)19(26)17-8-1-2-9-18(17)22/h1-3,6-9,11,14H,4-5,10,12-13,22H2,(H2,23,24,27). The Morgan fingerprint density at radius 1 is 1.19 bits per heavy atom. The van der Waals surface area contributed by atoms with Crippen molar-refractivity contribution in [3.8, 4) is 0 Å². The summed E-state index contributed by atoms with van der Waals surface area (Å²) in [5.41, 5.74) is 7.28. The molecule has 7 heteroatoms. The van der Waals surface area contributed by atoms with Crippen molar-refractivity contribution in [2.75, 3.05) is 30.7 Å². The lowest BCUT2D eigenvalue weighted by Gasteiger charge is -2.33. The fourth-order valence-electron chi connectivity index (χ4n) is 3.26. The van der Waals surface area contributed by atoms with Crippen LogP contribution in [0.15, 0.2) is 48.5 Å². The number of amides is 3. The SMILES string of the molecule is Nc1ccccc1C(=O)N1CCCC(CNC(=O)Nc2cccc(F)c2)C1. The maximum absolute atomic E-state index is 13.2. The molecule has 6 nitrogen and oxygen atoms in total. The Hall–Kier alpha value is -3.09. The lowest BCUT2D eigenvalue weighted by molar-refractivity contribution is 0.0676. The molecule has 1 heterocycles. The van der Waals surface area contributed by atoms with Crippen LogP contribution in [0.3, 0.4) is 0 Å². The second-order valence-electron chi connectivity index (χ2n) is 6.69. The van der Waals surface area contributed by atoms with E-state index >= 15 is 0 Å². The topological polar surface area (TPSA) is 87.5 Å². The highest BCUT2D eigenvalue weighted by molar-refractivity contribution is 5.99. The van der Waals surface area contributed by atoms with Crippen LogP contribution < -0.4 is 16.4 Å². The van der Waals surface area contributed by atoms with Crippen molar-refractivity contribution in [1.29, 1.82) is 0 Å². The van der Waals surface area contributed by atoms with Crippen LogP contribution in [0, 0.1) is 11.7 Å². The fourth-order valence-corrected chi connectivity index (χ4v) is 3.26. The van der Waals surface area contributed by atoms with Crippen molar-refractivity contribution in [3.63, 3.8) is 0 Å². The molecular formula is C20H23FN4O2. The van der Waals surface area contributed by atoms with Crippen LogP contribution in [0.25, 0.3) is 0 Å². The molecule has 0 aromatic heterocycles. The van der Waals surface area contributed by atoms with Crippen LogP contribution in [-0.4, -0.2) is 36.5 Å². The Balaban J connectivity index is 1.52. The molecule has 1 aliphatic rings. The van der Waals surface area contributed by atoms with E-state index in [1.165, 1.54) is 18.2 Å². The summed E-state index contributed by atoms with van der Waals surface area (Å²) in [5.74, 6) is -0.331. The smallest absolute Gasteiger partial charge is 0.319 e. The van der Waals surface area contributed by atoms with Gasteiger partial charge in [0.1, 0.15) is 5.82 Å². The van der Waals surface area contributed by atoms with Gasteiger partial charge in [0.15, 0.2) is 0 Å². The minimum atomic E-state index is -0.408. The van der Waals surface area contributed by atoms with Crippen molar-refractivity contribution < 1.29 is 14.0 Å². The number of nitrogens with one attached hydrogen (secondary N) is 2. The summed E-state index contributed by atoms with van der Waals surface area (Å²) in [4.78, 5) is 26.5. The van der Waals surface area contributed by atoms with Crippen LogP contribution in [0.2, 0.25) is 0 Å². The lowest BCUT2D eigenvalue weighted by atomic mass is 9.97. The monoisotopic (exact) mass is 370 g/mol. The molecule has 0 radical (unpaired) electrons. The average Bonchev–Trinajstić information content (AvgIpc) is 2.66. The molecule has 0 bridgehead atoms. The number of urea groups is 1. The molecular weight excluding hydrogens is 347 g/mol. The number of hydrogen-bond acceptors (Lipinski definition) is 3. The number of para-hydroxylation sites is 1. The van der Waals surface area contributed by atoms with E-state index in [-0.39, 0.29) is 11.8 Å². The predicted molar refractivity (Wildman–Crippen MR) is 103 cm³/mol. The molecule has 0 spiro atoms. The van der Waals surface area contributed by atoms with Crippen molar-refractivity contribution in [2.24, 2.45) is 5.92 Å². The minimum Gasteiger partial charge on any atom is -0.398 e. The van der Waals surface area contributed by atoms with Gasteiger partial charge in [0, 0.05) is 31.0 Å². The summed E-state index contributed by atoms with van der Waals surface area (Å²) in [6, 6.07) is 12.4. The minimum absolute atomic E-state index is 0.0815. The van der Waals surface area contributed by atoms with Gasteiger partial charge in [-0.25, -0.2) is 9.18 Å². The zero-order chi connectivity index (χ0) is 19.2. The number of benzene rings is 2. The maximum Gasteiger partial charge on any atom is 0.319 e. The molecule has 142 valence electrons. The molecule has 1 unspecified atom stereocenters. The summed E-state index contributed by atoms with van der Waals surface area (Å²) in [7, 11) is 0. The van der Waals surface area contributed by atoms with Crippen molar-refractivity contribution >= 4 is 23.3 Å². The Labute approximate surface area is 157 Å². The maximum atomic E-state index is 13.2. The molecule has 0 saturated carbocycles. The van der Waals surface area contributed by atoms with Crippen LogP contribution >= 0.6 is 0 Å². The van der Waals surface area contributed by atoms with E-state index in [2.05, 4.69) is 10.6 Å². The van der Waals surface area contributed by atoms with Gasteiger partial charge in [-0.3, -0.25) is 4.79 Å². The van der Waals surface area contributed by atoms with E-state index in [9.17, 15) is 14.0 Å². The highest BCUT2D eigenvalue weighted by Gasteiger charge is 2.25. The van der Waals surface area contributed by atoms with E-state index < -0.39 is 11.8 Å². The normalized spacial score (nSPS) is 16.6. The number of anilines is 2. The van der Waals surface area contributed by atoms with Crippen molar-refractivity contribution in [2.45, 2.75) is 12.8 Å². The van der Waals surface area contributed by atoms with Gasteiger partial charge in [-0.05, 0) is 49.1 Å². The van der Waals surface area contributed by atoms with Crippen LogP contribution in [-0.2, 0) is 0 Å². The Morgan fingerprint density at radius 2 is 2.00 bits per heavy atom. The van der Waals surface area contributed by atoms with E-state index in [1.807, 2.05) is 0 Å². The quantitative estimate of drug-likeness (QED) is 0.723. The van der Waals surface area contributed by atoms with Crippen molar-refractivity contribution in [1.82, 2.24) is 10.2 Å². The number of nitrogens with zero attached hydrogens (tertiary/aromatic N) is 1. The molecule has 2 aromatic rings. The highest BCUT2D eigenvalue weighted by Crippen LogP contribution is 2.20. The molecule has 0 aliphatic carbocycles. The largest absolute Gasteiger partial charge is 0.398 e. The first-order valence-electron chi connectivity index (χ1n) is 8.97. The summed E-state index contributed by atoms with van der Waals surface area (Å²) >= 11 is 0. The second-order valence-corrected chi connectivity index (χ2v) is 6.69. The number of rotatable bonds is 4. The van der Waals surface area contributed by atoms with Gasteiger partial charge < -0.3 is 21.3 Å². The molecule has 1 atom stereocenters. The van der Waals surface area contributed by atoms with E-state index in [0.29, 0.717) is 36.6 Å². The van der Waals surface area contributed by atoms with Crippen LogP contribution in [0.5, 0.6) is 0 Å². The number of carbonyl (C=O) groups is 2. The molecule has 3 amide bonds. The molecule has 1 aliphatic heterocycles. The molecule has 1 fully saturated rings. The number of likely N-dealkylation sites (tertiary alicyclic amines) is 1. The second kappa shape index (κ2) is 8.53. The third-order valence-electron chi connectivity index (χ3n) is 4.63. The van der Waals surface area contributed by atoms with E-state index in [0.717, 1.165) is 12.8 Å². The predicted octanol–water partition coefficient (Wildman–Crippen LogP) is 3.08. The summed E-state index contributed by atoms with van der Waals surface area (Å²) in [6.45, 7) is 1.68. The first-order valence-corrected chi connectivity index (χ1v) is 8.97. The molecule has 3 rings (SSSR count). The highest BCUT2D eigenvalue weighted by atomic mass is 19.1. The zero-order valence-electron chi connectivity index (χ0n) is 15.0. The fraction of sp³-hybridized carbons (Fsp3) is 0.300. The third kappa shape index (κ3) is 4.97. The first kappa shape index (κ1) is 18.7. The Kier molecular flexibility index (Phi) is 5.90. The van der Waals surface area contributed by atoms with Crippen LogP contribution in [0.4, 0.5) is 20.6 Å². The van der Waals surface area contributed by atoms with E-state index in [4.69, 9.17) is 5.73 Å². The van der Waals surface area contributed by atoms with Crippen molar-refractivity contribution in [3.05, 3.63) is 59.9 Å². The third-order valence-corrected chi connectivity index (χ3v) is 4.63. The van der Waals surface area contributed by atoms with Gasteiger partial charge in [0.2, 0.25) is 0 Å². The lowest BCUT2D eigenvalue weighted by Crippen LogP contribution is -2.44. The molecule has 2 aromatic carbocycles. The number of piperidine rings is 1. The molecule has 1 saturated heterocycles. The average molecular weight is 370 g/mol. The molecule has 27 heavy (non-hydrogen) atoms. The Bertz CT molecular complexity index is 827. The summed E-state index contributed by atoms with van der Waals surface area (Å²) in [6.07, 6.45) is 1.80. The van der Waals surface area contributed by atoms with Gasteiger partial charge in [-0.1, -0.05) is 18.2 Å².